The minimum Gasteiger partial charge on any atom is -0.480 e. The summed E-state index contributed by atoms with van der Waals surface area (Å²) < 4.78 is 22.5. The third kappa shape index (κ3) is 4.72. The highest BCUT2D eigenvalue weighted by molar-refractivity contribution is 7.90. The second-order valence-electron chi connectivity index (χ2n) is 3.57. The summed E-state index contributed by atoms with van der Waals surface area (Å²) in [7, 11) is -3.27. The van der Waals surface area contributed by atoms with Crippen molar-refractivity contribution >= 4 is 28.2 Å². The van der Waals surface area contributed by atoms with Crippen LogP contribution in [0.4, 0.5) is 0 Å². The first-order chi connectivity index (χ1) is 7.30. The van der Waals surface area contributed by atoms with Crippen LogP contribution >= 0.6 is 12.4 Å². The Morgan fingerprint density at radius 3 is 2.53 bits per heavy atom. The van der Waals surface area contributed by atoms with Crippen LogP contribution in [0.2, 0.25) is 0 Å². The largest absolute Gasteiger partial charge is 0.480 e. The Hall–Kier alpha value is -1.11. The average molecular weight is 280 g/mol. The fourth-order valence-corrected chi connectivity index (χ4v) is 1.94. The van der Waals surface area contributed by atoms with Gasteiger partial charge in [0.2, 0.25) is 0 Å². The van der Waals surface area contributed by atoms with Gasteiger partial charge in [0, 0.05) is 6.26 Å². The minimum absolute atomic E-state index is 0. The summed E-state index contributed by atoms with van der Waals surface area (Å²) in [5.41, 5.74) is 5.95. The molecule has 0 amide bonds. The van der Waals surface area contributed by atoms with E-state index in [1.165, 1.54) is 12.1 Å². The van der Waals surface area contributed by atoms with Gasteiger partial charge in [0.05, 0.1) is 4.90 Å². The number of hydrogen-bond acceptors (Lipinski definition) is 4. The zero-order valence-corrected chi connectivity index (χ0v) is 10.8. The van der Waals surface area contributed by atoms with E-state index < -0.39 is 21.8 Å². The van der Waals surface area contributed by atoms with Crippen LogP contribution in [0.25, 0.3) is 0 Å². The van der Waals surface area contributed by atoms with Crippen molar-refractivity contribution in [2.75, 3.05) is 6.26 Å². The second-order valence-corrected chi connectivity index (χ2v) is 5.58. The quantitative estimate of drug-likeness (QED) is 0.835. The highest BCUT2D eigenvalue weighted by Crippen LogP contribution is 2.12. The number of carbonyl (C=O) groups is 1. The van der Waals surface area contributed by atoms with E-state index in [-0.39, 0.29) is 23.7 Å². The van der Waals surface area contributed by atoms with E-state index in [9.17, 15) is 13.2 Å². The summed E-state index contributed by atoms with van der Waals surface area (Å²) in [5.74, 6) is -1.11. The van der Waals surface area contributed by atoms with Crippen LogP contribution in [0.5, 0.6) is 0 Å². The Morgan fingerprint density at radius 1 is 1.47 bits per heavy atom. The maximum absolute atomic E-state index is 11.3. The van der Waals surface area contributed by atoms with Crippen LogP contribution in [-0.4, -0.2) is 31.8 Å². The van der Waals surface area contributed by atoms with Crippen LogP contribution in [0.1, 0.15) is 5.56 Å². The molecule has 5 nitrogen and oxygen atoms in total. The van der Waals surface area contributed by atoms with E-state index >= 15 is 0 Å². The zero-order chi connectivity index (χ0) is 12.3. The van der Waals surface area contributed by atoms with Gasteiger partial charge in [-0.2, -0.15) is 0 Å². The molecule has 0 radical (unpaired) electrons. The lowest BCUT2D eigenvalue weighted by molar-refractivity contribution is -0.138. The van der Waals surface area contributed by atoms with Gasteiger partial charge in [0.25, 0.3) is 0 Å². The van der Waals surface area contributed by atoms with Crippen molar-refractivity contribution < 1.29 is 18.3 Å². The Balaban J connectivity index is 0.00000256. The Labute approximate surface area is 106 Å². The van der Waals surface area contributed by atoms with Gasteiger partial charge in [-0.15, -0.1) is 12.4 Å². The van der Waals surface area contributed by atoms with Crippen LogP contribution < -0.4 is 5.73 Å². The van der Waals surface area contributed by atoms with Crippen molar-refractivity contribution in [3.8, 4) is 0 Å². The molecule has 7 heteroatoms. The van der Waals surface area contributed by atoms with Crippen LogP contribution in [0.3, 0.4) is 0 Å². The number of aliphatic carboxylic acids is 1. The lowest BCUT2D eigenvalue weighted by atomic mass is 10.1. The molecule has 0 saturated carbocycles. The van der Waals surface area contributed by atoms with Crippen molar-refractivity contribution in [1.29, 1.82) is 0 Å². The van der Waals surface area contributed by atoms with Crippen molar-refractivity contribution in [3.05, 3.63) is 29.8 Å². The predicted octanol–water partition coefficient (Wildman–Crippen LogP) is 0.466. The van der Waals surface area contributed by atoms with E-state index in [0.717, 1.165) is 6.26 Å². The van der Waals surface area contributed by atoms with Gasteiger partial charge >= 0.3 is 5.97 Å². The normalized spacial score (nSPS) is 12.6. The number of halogens is 1. The summed E-state index contributed by atoms with van der Waals surface area (Å²) in [6.07, 6.45) is 1.21. The summed E-state index contributed by atoms with van der Waals surface area (Å²) in [6.45, 7) is 0. The summed E-state index contributed by atoms with van der Waals surface area (Å²) in [6, 6.07) is 5.11. The lowest BCUT2D eigenvalue weighted by Gasteiger charge is -2.07. The summed E-state index contributed by atoms with van der Waals surface area (Å²) in [5, 5.41) is 8.63. The fraction of sp³-hybridized carbons (Fsp3) is 0.300. The van der Waals surface area contributed by atoms with Crippen molar-refractivity contribution in [1.82, 2.24) is 0 Å². The highest BCUT2D eigenvalue weighted by Gasteiger charge is 2.13. The second kappa shape index (κ2) is 6.00. The molecule has 0 aliphatic heterocycles. The molecule has 0 heterocycles. The molecule has 1 atom stereocenters. The summed E-state index contributed by atoms with van der Waals surface area (Å²) in [4.78, 5) is 10.7. The molecule has 0 fully saturated rings. The molecule has 1 aromatic carbocycles. The maximum Gasteiger partial charge on any atom is 0.320 e. The van der Waals surface area contributed by atoms with E-state index in [2.05, 4.69) is 0 Å². The molecule has 0 bridgehead atoms. The van der Waals surface area contributed by atoms with Crippen LogP contribution in [0.15, 0.2) is 29.2 Å². The maximum atomic E-state index is 11.3. The van der Waals surface area contributed by atoms with Gasteiger partial charge in [0.15, 0.2) is 9.84 Å². The number of nitrogens with two attached hydrogens (primary N) is 1. The molecular formula is C10H14ClNO4S. The zero-order valence-electron chi connectivity index (χ0n) is 9.16. The smallest absolute Gasteiger partial charge is 0.320 e. The topological polar surface area (TPSA) is 97.5 Å². The highest BCUT2D eigenvalue weighted by atomic mass is 35.5. The van der Waals surface area contributed by atoms with E-state index in [0.29, 0.717) is 5.56 Å². The van der Waals surface area contributed by atoms with Crippen LogP contribution in [-0.2, 0) is 21.1 Å². The van der Waals surface area contributed by atoms with E-state index in [1.54, 1.807) is 12.1 Å². The van der Waals surface area contributed by atoms with Crippen molar-refractivity contribution in [2.45, 2.75) is 17.4 Å². The Bertz CT molecular complexity index is 501. The SMILES string of the molecule is CS(=O)(=O)c1cccc(C[C@H](N)C(=O)O)c1.Cl. The molecule has 1 rings (SSSR count). The number of benzene rings is 1. The monoisotopic (exact) mass is 279 g/mol. The minimum atomic E-state index is -3.27. The summed E-state index contributed by atoms with van der Waals surface area (Å²) >= 11 is 0. The van der Waals surface area contributed by atoms with Gasteiger partial charge in [0.1, 0.15) is 6.04 Å². The van der Waals surface area contributed by atoms with E-state index in [4.69, 9.17) is 10.8 Å². The first kappa shape index (κ1) is 15.9. The molecule has 0 aliphatic rings. The van der Waals surface area contributed by atoms with Gasteiger partial charge in [-0.3, -0.25) is 4.79 Å². The molecule has 0 spiro atoms. The average Bonchev–Trinajstić information content (AvgIpc) is 2.16. The van der Waals surface area contributed by atoms with Crippen molar-refractivity contribution in [3.63, 3.8) is 0 Å². The number of sulfone groups is 1. The van der Waals surface area contributed by atoms with Crippen LogP contribution in [0, 0.1) is 0 Å². The molecule has 96 valence electrons. The first-order valence-corrected chi connectivity index (χ1v) is 6.47. The predicted molar refractivity (Wildman–Crippen MR) is 66.1 cm³/mol. The fourth-order valence-electron chi connectivity index (χ4n) is 1.24. The molecule has 0 aromatic heterocycles. The molecule has 17 heavy (non-hydrogen) atoms. The molecule has 0 saturated heterocycles. The molecular weight excluding hydrogens is 266 g/mol. The number of carboxylic acids is 1. The number of rotatable bonds is 4. The third-order valence-corrected chi connectivity index (χ3v) is 3.21. The van der Waals surface area contributed by atoms with Gasteiger partial charge in [-0.05, 0) is 24.1 Å². The molecule has 0 unspecified atom stereocenters. The lowest BCUT2D eigenvalue weighted by Crippen LogP contribution is -2.32. The van der Waals surface area contributed by atoms with E-state index in [1.807, 2.05) is 0 Å². The van der Waals surface area contributed by atoms with Gasteiger partial charge in [-0.25, -0.2) is 8.42 Å². The van der Waals surface area contributed by atoms with Gasteiger partial charge in [-0.1, -0.05) is 12.1 Å². The first-order valence-electron chi connectivity index (χ1n) is 4.58. The Kier molecular flexibility index (Phi) is 5.60. The standard InChI is InChI=1S/C10H13NO4S.ClH/c1-16(14,15)8-4-2-3-7(5-8)6-9(11)10(12)13;/h2-5,9H,6,11H2,1H3,(H,12,13);1H/t9-;/m0./s1. The third-order valence-electron chi connectivity index (χ3n) is 2.10. The molecule has 0 aliphatic carbocycles. The molecule has 3 N–H and O–H groups in total. The van der Waals surface area contributed by atoms with Gasteiger partial charge < -0.3 is 10.8 Å². The number of hydrogen-bond donors (Lipinski definition) is 2. The Morgan fingerprint density at radius 2 is 2.06 bits per heavy atom. The van der Waals surface area contributed by atoms with Crippen molar-refractivity contribution in [2.24, 2.45) is 5.73 Å². The molecule has 1 aromatic rings. The number of carboxylic acid groups (broad SMARTS) is 1.